The summed E-state index contributed by atoms with van der Waals surface area (Å²) in [7, 11) is 0. The molecule has 1 amide bonds. The number of rotatable bonds is 6. The van der Waals surface area contributed by atoms with Crippen LogP contribution in [-0.2, 0) is 4.79 Å². The fourth-order valence-corrected chi connectivity index (χ4v) is 2.87. The Morgan fingerprint density at radius 1 is 1.12 bits per heavy atom. The van der Waals surface area contributed by atoms with Crippen molar-refractivity contribution >= 4 is 5.91 Å². The minimum atomic E-state index is -0.317. The van der Waals surface area contributed by atoms with Crippen LogP contribution >= 0.6 is 0 Å². The molecule has 0 saturated carbocycles. The second kappa shape index (κ2) is 8.66. The van der Waals surface area contributed by atoms with E-state index in [1.54, 1.807) is 6.07 Å². The molecule has 0 aliphatic heterocycles. The van der Waals surface area contributed by atoms with Gasteiger partial charge < -0.3 is 5.32 Å². The molecule has 25 heavy (non-hydrogen) atoms. The summed E-state index contributed by atoms with van der Waals surface area (Å²) in [6.45, 7) is 4.14. The number of hydrogen-bond donors (Lipinski definition) is 1. The predicted molar refractivity (Wildman–Crippen MR) is 97.4 cm³/mol. The average Bonchev–Trinajstić information content (AvgIpc) is 2.64. The largest absolute Gasteiger partial charge is 0.342 e. The Hall–Kier alpha value is -3.11. The van der Waals surface area contributed by atoms with Crippen molar-refractivity contribution in [3.05, 3.63) is 59.7 Å². The summed E-state index contributed by atoms with van der Waals surface area (Å²) in [5.74, 6) is -0.114. The van der Waals surface area contributed by atoms with Crippen molar-refractivity contribution in [2.75, 3.05) is 6.54 Å². The summed E-state index contributed by atoms with van der Waals surface area (Å²) in [5.41, 5.74) is 3.27. The molecule has 0 spiro atoms. The van der Waals surface area contributed by atoms with Gasteiger partial charge in [0.05, 0.1) is 23.6 Å². The van der Waals surface area contributed by atoms with Crippen molar-refractivity contribution in [1.82, 2.24) is 5.32 Å². The van der Waals surface area contributed by atoms with Crippen molar-refractivity contribution < 1.29 is 4.79 Å². The second-order valence-electron chi connectivity index (χ2n) is 6.34. The molecule has 1 unspecified atom stereocenters. The van der Waals surface area contributed by atoms with E-state index in [-0.39, 0.29) is 18.4 Å². The Morgan fingerprint density at radius 3 is 2.56 bits per heavy atom. The molecule has 4 heteroatoms. The molecule has 0 aromatic heterocycles. The second-order valence-corrected chi connectivity index (χ2v) is 6.34. The molecular weight excluding hydrogens is 310 g/mol. The minimum Gasteiger partial charge on any atom is -0.342 e. The maximum Gasteiger partial charge on any atom is 0.228 e. The molecule has 126 valence electrons. The van der Waals surface area contributed by atoms with Crippen molar-refractivity contribution in [2.24, 2.45) is 5.92 Å². The highest BCUT2D eigenvalue weighted by atomic mass is 16.1. The Labute approximate surface area is 148 Å². The summed E-state index contributed by atoms with van der Waals surface area (Å²) in [6, 6.07) is 19.3. The highest BCUT2D eigenvalue weighted by Crippen LogP contribution is 2.29. The van der Waals surface area contributed by atoms with Crippen LogP contribution in [0.5, 0.6) is 0 Å². The van der Waals surface area contributed by atoms with Crippen LogP contribution in [0.15, 0.2) is 48.5 Å². The molecule has 2 aromatic rings. The molecular formula is C21H21N3O. The van der Waals surface area contributed by atoms with E-state index >= 15 is 0 Å². The minimum absolute atomic E-state index is 0.00435. The van der Waals surface area contributed by atoms with Gasteiger partial charge in [-0.3, -0.25) is 4.79 Å². The van der Waals surface area contributed by atoms with E-state index in [1.165, 1.54) is 0 Å². The number of nitriles is 2. The third-order valence-corrected chi connectivity index (χ3v) is 4.01. The van der Waals surface area contributed by atoms with Crippen LogP contribution in [0.4, 0.5) is 0 Å². The van der Waals surface area contributed by atoms with E-state index < -0.39 is 0 Å². The molecule has 2 rings (SSSR count). The molecule has 0 aliphatic rings. The number of carbonyl (C=O) groups is 1. The third-order valence-electron chi connectivity index (χ3n) is 4.01. The highest BCUT2D eigenvalue weighted by molar-refractivity contribution is 5.84. The number of hydrogen-bond acceptors (Lipinski definition) is 3. The van der Waals surface area contributed by atoms with Gasteiger partial charge in [0.1, 0.15) is 6.54 Å². The molecule has 0 heterocycles. The maximum absolute atomic E-state index is 12.5. The molecule has 4 nitrogen and oxygen atoms in total. The topological polar surface area (TPSA) is 76.7 Å². The standard InChI is InChI=1S/C21H21N3O/c1-15(2)12-20(21(25)24-11-10-22)17-8-5-7-16(13-17)19-9-4-3-6-18(19)14-23/h3-9,13,15,20H,11-12H2,1-2H3,(H,24,25). The maximum atomic E-state index is 12.5. The normalized spacial score (nSPS) is 11.4. The summed E-state index contributed by atoms with van der Waals surface area (Å²) in [6.07, 6.45) is 0.695. The number of nitrogens with one attached hydrogen (secondary N) is 1. The molecule has 0 radical (unpaired) electrons. The van der Waals surface area contributed by atoms with E-state index in [0.717, 1.165) is 16.7 Å². The number of carbonyl (C=O) groups excluding carboxylic acids is 1. The number of nitrogens with zero attached hydrogens (tertiary/aromatic N) is 2. The molecule has 0 bridgehead atoms. The first-order valence-electron chi connectivity index (χ1n) is 8.31. The highest BCUT2D eigenvalue weighted by Gasteiger charge is 2.22. The Balaban J connectivity index is 2.41. The van der Waals surface area contributed by atoms with Crippen molar-refractivity contribution in [2.45, 2.75) is 26.2 Å². The molecule has 1 atom stereocenters. The smallest absolute Gasteiger partial charge is 0.228 e. The SMILES string of the molecule is CC(C)CC(C(=O)NCC#N)c1cccc(-c2ccccc2C#N)c1. The van der Waals surface area contributed by atoms with Gasteiger partial charge in [0, 0.05) is 0 Å². The third kappa shape index (κ3) is 4.68. The van der Waals surface area contributed by atoms with Crippen LogP contribution in [0.1, 0.15) is 37.3 Å². The van der Waals surface area contributed by atoms with Gasteiger partial charge in [-0.05, 0) is 35.1 Å². The van der Waals surface area contributed by atoms with Gasteiger partial charge in [0.25, 0.3) is 0 Å². The van der Waals surface area contributed by atoms with Crippen molar-refractivity contribution in [3.8, 4) is 23.3 Å². The Morgan fingerprint density at radius 2 is 1.88 bits per heavy atom. The van der Waals surface area contributed by atoms with Gasteiger partial charge in [-0.25, -0.2) is 0 Å². The van der Waals surface area contributed by atoms with Gasteiger partial charge in [0.15, 0.2) is 0 Å². The first-order valence-corrected chi connectivity index (χ1v) is 8.31. The lowest BCUT2D eigenvalue weighted by molar-refractivity contribution is -0.122. The van der Waals surface area contributed by atoms with Crippen LogP contribution in [-0.4, -0.2) is 12.5 Å². The first kappa shape index (κ1) is 18.2. The predicted octanol–water partition coefficient (Wildman–Crippen LogP) is 3.99. The monoisotopic (exact) mass is 331 g/mol. The summed E-state index contributed by atoms with van der Waals surface area (Å²) >= 11 is 0. The van der Waals surface area contributed by atoms with E-state index in [4.69, 9.17) is 5.26 Å². The van der Waals surface area contributed by atoms with E-state index in [1.807, 2.05) is 48.5 Å². The zero-order chi connectivity index (χ0) is 18.2. The van der Waals surface area contributed by atoms with Gasteiger partial charge in [-0.2, -0.15) is 10.5 Å². The fourth-order valence-electron chi connectivity index (χ4n) is 2.87. The molecule has 0 aliphatic carbocycles. The quantitative estimate of drug-likeness (QED) is 0.813. The molecule has 0 fully saturated rings. The van der Waals surface area contributed by atoms with Crippen LogP contribution < -0.4 is 5.32 Å². The number of amides is 1. The van der Waals surface area contributed by atoms with Crippen LogP contribution in [0.2, 0.25) is 0 Å². The molecule has 1 N–H and O–H groups in total. The van der Waals surface area contributed by atoms with Crippen LogP contribution in [0, 0.1) is 28.6 Å². The van der Waals surface area contributed by atoms with E-state index in [0.29, 0.717) is 17.9 Å². The summed E-state index contributed by atoms with van der Waals surface area (Å²) in [5, 5.41) is 20.7. The van der Waals surface area contributed by atoms with Gasteiger partial charge in [0.2, 0.25) is 5.91 Å². The summed E-state index contributed by atoms with van der Waals surface area (Å²) in [4.78, 5) is 12.5. The lowest BCUT2D eigenvalue weighted by atomic mass is 9.87. The first-order chi connectivity index (χ1) is 12.1. The van der Waals surface area contributed by atoms with Crippen molar-refractivity contribution in [1.29, 1.82) is 10.5 Å². The van der Waals surface area contributed by atoms with E-state index in [9.17, 15) is 10.1 Å². The van der Waals surface area contributed by atoms with Gasteiger partial charge in [-0.1, -0.05) is 56.3 Å². The Bertz CT molecular complexity index is 828. The summed E-state index contributed by atoms with van der Waals surface area (Å²) < 4.78 is 0. The van der Waals surface area contributed by atoms with Gasteiger partial charge in [-0.15, -0.1) is 0 Å². The van der Waals surface area contributed by atoms with Crippen LogP contribution in [0.3, 0.4) is 0 Å². The van der Waals surface area contributed by atoms with Crippen molar-refractivity contribution in [3.63, 3.8) is 0 Å². The lowest BCUT2D eigenvalue weighted by Gasteiger charge is -2.19. The molecule has 0 saturated heterocycles. The Kier molecular flexibility index (Phi) is 6.32. The van der Waals surface area contributed by atoms with Crippen LogP contribution in [0.25, 0.3) is 11.1 Å². The van der Waals surface area contributed by atoms with E-state index in [2.05, 4.69) is 25.2 Å². The zero-order valence-electron chi connectivity index (χ0n) is 14.5. The fraction of sp³-hybridized carbons (Fsp3) is 0.286. The number of benzene rings is 2. The molecule has 2 aromatic carbocycles. The average molecular weight is 331 g/mol. The van der Waals surface area contributed by atoms with Gasteiger partial charge >= 0.3 is 0 Å². The lowest BCUT2D eigenvalue weighted by Crippen LogP contribution is -2.30. The zero-order valence-corrected chi connectivity index (χ0v) is 14.5.